The Bertz CT molecular complexity index is 411. The van der Waals surface area contributed by atoms with Gasteiger partial charge in [-0.1, -0.05) is 12.1 Å². The summed E-state index contributed by atoms with van der Waals surface area (Å²) < 4.78 is 19.7. The molecule has 0 radical (unpaired) electrons. The number of hydrogen-bond acceptors (Lipinski definition) is 3. The largest absolute Gasteiger partial charge is 0.375 e. The highest BCUT2D eigenvalue weighted by atomic mass is 19.1. The number of nitrogens with two attached hydrogens (primary N) is 1. The summed E-state index contributed by atoms with van der Waals surface area (Å²) >= 11 is 0. The van der Waals surface area contributed by atoms with E-state index in [0.29, 0.717) is 25.3 Å². The van der Waals surface area contributed by atoms with Gasteiger partial charge in [-0.2, -0.15) is 0 Å². The highest BCUT2D eigenvalue weighted by Crippen LogP contribution is 2.29. The van der Waals surface area contributed by atoms with E-state index in [-0.39, 0.29) is 18.0 Å². The van der Waals surface area contributed by atoms with E-state index in [2.05, 4.69) is 11.8 Å². The number of rotatable bonds is 3. The van der Waals surface area contributed by atoms with Crippen LogP contribution >= 0.6 is 0 Å². The number of halogens is 1. The minimum absolute atomic E-state index is 0.131. The zero-order valence-corrected chi connectivity index (χ0v) is 11.0. The van der Waals surface area contributed by atoms with Gasteiger partial charge in [0.15, 0.2) is 0 Å². The Morgan fingerprint density at radius 3 is 2.94 bits per heavy atom. The highest BCUT2D eigenvalue weighted by Gasteiger charge is 2.27. The molecular formula is C14H21FN2O. The third-order valence-electron chi connectivity index (χ3n) is 3.38. The van der Waals surface area contributed by atoms with Gasteiger partial charge in [-0.05, 0) is 38.4 Å². The van der Waals surface area contributed by atoms with Gasteiger partial charge < -0.3 is 15.4 Å². The summed E-state index contributed by atoms with van der Waals surface area (Å²) in [4.78, 5) is 2.11. The first-order valence-electron chi connectivity index (χ1n) is 6.49. The lowest BCUT2D eigenvalue weighted by Gasteiger charge is -2.39. The number of para-hydroxylation sites is 1. The van der Waals surface area contributed by atoms with Crippen molar-refractivity contribution in [3.05, 3.63) is 29.6 Å². The van der Waals surface area contributed by atoms with Gasteiger partial charge in [0.05, 0.1) is 18.4 Å². The van der Waals surface area contributed by atoms with Gasteiger partial charge in [0, 0.05) is 12.6 Å². The molecule has 4 heteroatoms. The molecule has 0 saturated carbocycles. The molecule has 0 spiro atoms. The highest BCUT2D eigenvalue weighted by molar-refractivity contribution is 5.56. The first-order valence-corrected chi connectivity index (χ1v) is 6.49. The molecule has 3 nitrogen and oxygen atoms in total. The van der Waals surface area contributed by atoms with Crippen LogP contribution in [0.2, 0.25) is 0 Å². The van der Waals surface area contributed by atoms with Crippen molar-refractivity contribution in [3.63, 3.8) is 0 Å². The summed E-state index contributed by atoms with van der Waals surface area (Å²) in [5, 5.41) is 0. The van der Waals surface area contributed by atoms with E-state index in [4.69, 9.17) is 10.5 Å². The predicted octanol–water partition coefficient (Wildman–Crippen LogP) is 1.94. The lowest BCUT2D eigenvalue weighted by molar-refractivity contribution is 0.0340. The Hall–Kier alpha value is -1.13. The molecule has 2 N–H and O–H groups in total. The molecule has 2 atom stereocenters. The number of hydrogen-bond donors (Lipinski definition) is 1. The van der Waals surface area contributed by atoms with Crippen molar-refractivity contribution in [2.45, 2.75) is 32.4 Å². The summed E-state index contributed by atoms with van der Waals surface area (Å²) in [5.41, 5.74) is 7.29. The van der Waals surface area contributed by atoms with Crippen LogP contribution in [0.4, 0.5) is 10.1 Å². The quantitative estimate of drug-likeness (QED) is 0.893. The number of nitrogens with zero attached hydrogens (tertiary/aromatic N) is 1. The van der Waals surface area contributed by atoms with Crippen molar-refractivity contribution in [3.8, 4) is 0 Å². The fourth-order valence-corrected chi connectivity index (χ4v) is 2.45. The van der Waals surface area contributed by atoms with Crippen LogP contribution in [0.5, 0.6) is 0 Å². The van der Waals surface area contributed by atoms with Crippen molar-refractivity contribution in [1.29, 1.82) is 0 Å². The van der Waals surface area contributed by atoms with Crippen molar-refractivity contribution in [2.24, 2.45) is 5.73 Å². The van der Waals surface area contributed by atoms with E-state index < -0.39 is 0 Å². The molecule has 18 heavy (non-hydrogen) atoms. The van der Waals surface area contributed by atoms with Crippen molar-refractivity contribution < 1.29 is 9.13 Å². The van der Waals surface area contributed by atoms with E-state index in [9.17, 15) is 4.39 Å². The van der Waals surface area contributed by atoms with Crippen molar-refractivity contribution in [1.82, 2.24) is 0 Å². The maximum atomic E-state index is 14.1. The molecule has 1 aromatic rings. The van der Waals surface area contributed by atoms with Crippen molar-refractivity contribution >= 4 is 5.69 Å². The normalized spacial score (nSPS) is 24.3. The fraction of sp³-hybridized carbons (Fsp3) is 0.571. The van der Waals surface area contributed by atoms with E-state index in [1.807, 2.05) is 13.0 Å². The van der Waals surface area contributed by atoms with Crippen LogP contribution in [-0.4, -0.2) is 31.8 Å². The standard InChI is InChI=1S/C14H21FN2O/c1-10-9-18-11(2)8-17(10)14-12(6-7-16)4-3-5-13(14)15/h3-5,10-11H,6-9,16H2,1-2H3. The van der Waals surface area contributed by atoms with Crippen LogP contribution < -0.4 is 10.6 Å². The zero-order valence-electron chi connectivity index (χ0n) is 11.0. The molecule has 100 valence electrons. The molecule has 2 unspecified atom stereocenters. The van der Waals surface area contributed by atoms with Crippen LogP contribution in [0.3, 0.4) is 0 Å². The Kier molecular flexibility index (Phi) is 4.19. The second-order valence-corrected chi connectivity index (χ2v) is 4.93. The SMILES string of the molecule is CC1CN(c2c(F)cccc2CCN)C(C)CO1. The number of ether oxygens (including phenoxy) is 1. The second-order valence-electron chi connectivity index (χ2n) is 4.93. The zero-order chi connectivity index (χ0) is 13.1. The molecule has 0 aromatic heterocycles. The van der Waals surface area contributed by atoms with Crippen LogP contribution in [0, 0.1) is 5.82 Å². The molecule has 0 aliphatic carbocycles. The van der Waals surface area contributed by atoms with Gasteiger partial charge in [0.25, 0.3) is 0 Å². The predicted molar refractivity (Wildman–Crippen MR) is 71.4 cm³/mol. The molecule has 1 fully saturated rings. The number of morpholine rings is 1. The Morgan fingerprint density at radius 2 is 2.22 bits per heavy atom. The molecular weight excluding hydrogens is 231 g/mol. The third-order valence-corrected chi connectivity index (χ3v) is 3.38. The van der Waals surface area contributed by atoms with Crippen LogP contribution in [0.25, 0.3) is 0 Å². The molecule has 0 amide bonds. The molecule has 1 heterocycles. The van der Waals surface area contributed by atoms with Crippen molar-refractivity contribution in [2.75, 3.05) is 24.6 Å². The molecule has 1 saturated heterocycles. The van der Waals surface area contributed by atoms with Gasteiger partial charge in [0.1, 0.15) is 5.82 Å². The first kappa shape index (κ1) is 13.3. The third kappa shape index (κ3) is 2.65. The lowest BCUT2D eigenvalue weighted by Crippen LogP contribution is -2.48. The average Bonchev–Trinajstić information content (AvgIpc) is 2.34. The lowest BCUT2D eigenvalue weighted by atomic mass is 10.1. The monoisotopic (exact) mass is 252 g/mol. The average molecular weight is 252 g/mol. The molecule has 1 aliphatic rings. The maximum Gasteiger partial charge on any atom is 0.146 e. The molecule has 1 aliphatic heterocycles. The summed E-state index contributed by atoms with van der Waals surface area (Å²) in [6.45, 7) is 5.97. The van der Waals surface area contributed by atoms with Gasteiger partial charge in [-0.3, -0.25) is 0 Å². The molecule has 0 bridgehead atoms. The first-order chi connectivity index (χ1) is 8.63. The van der Waals surface area contributed by atoms with Crippen LogP contribution in [-0.2, 0) is 11.2 Å². The fourth-order valence-electron chi connectivity index (χ4n) is 2.45. The number of benzene rings is 1. The summed E-state index contributed by atoms with van der Waals surface area (Å²) in [6.07, 6.45) is 0.831. The Morgan fingerprint density at radius 1 is 1.44 bits per heavy atom. The second kappa shape index (κ2) is 5.67. The van der Waals surface area contributed by atoms with Crippen LogP contribution in [0.1, 0.15) is 19.4 Å². The topological polar surface area (TPSA) is 38.5 Å². The summed E-state index contributed by atoms with van der Waals surface area (Å²) in [6, 6.07) is 5.41. The Balaban J connectivity index is 2.35. The number of anilines is 1. The van der Waals surface area contributed by atoms with Gasteiger partial charge in [-0.25, -0.2) is 4.39 Å². The smallest absolute Gasteiger partial charge is 0.146 e. The van der Waals surface area contributed by atoms with Gasteiger partial charge in [0.2, 0.25) is 0 Å². The van der Waals surface area contributed by atoms with Crippen LogP contribution in [0.15, 0.2) is 18.2 Å². The molecule has 1 aromatic carbocycles. The maximum absolute atomic E-state index is 14.1. The minimum atomic E-state index is -0.165. The van der Waals surface area contributed by atoms with E-state index >= 15 is 0 Å². The minimum Gasteiger partial charge on any atom is -0.375 e. The van der Waals surface area contributed by atoms with E-state index in [1.54, 1.807) is 6.07 Å². The van der Waals surface area contributed by atoms with Gasteiger partial charge in [-0.15, -0.1) is 0 Å². The van der Waals surface area contributed by atoms with E-state index in [0.717, 1.165) is 12.1 Å². The molecule has 2 rings (SSSR count). The Labute approximate surface area is 108 Å². The van der Waals surface area contributed by atoms with E-state index in [1.165, 1.54) is 6.07 Å². The summed E-state index contributed by atoms with van der Waals surface area (Å²) in [7, 11) is 0. The summed E-state index contributed by atoms with van der Waals surface area (Å²) in [5.74, 6) is -0.165. The van der Waals surface area contributed by atoms with Gasteiger partial charge >= 0.3 is 0 Å².